The molecule has 0 saturated heterocycles. The molecule has 32 heavy (non-hydrogen) atoms. The van der Waals surface area contributed by atoms with Crippen LogP contribution in [0.4, 0.5) is 5.69 Å². The van der Waals surface area contributed by atoms with E-state index in [9.17, 15) is 29.3 Å². The highest BCUT2D eigenvalue weighted by atomic mass is 16.6. The van der Waals surface area contributed by atoms with Gasteiger partial charge >= 0.3 is 5.97 Å². The molecule has 3 rings (SSSR count). The third kappa shape index (κ3) is 4.97. The summed E-state index contributed by atoms with van der Waals surface area (Å²) in [5.74, 6) is -2.44. The van der Waals surface area contributed by atoms with Gasteiger partial charge in [0.15, 0.2) is 0 Å². The van der Waals surface area contributed by atoms with Crippen LogP contribution in [0.1, 0.15) is 62.3 Å². The minimum Gasteiger partial charge on any atom is -0.478 e. The van der Waals surface area contributed by atoms with Crippen molar-refractivity contribution in [2.75, 3.05) is 6.54 Å². The summed E-state index contributed by atoms with van der Waals surface area (Å²) in [7, 11) is 0. The number of fused-ring (bicyclic) bond motifs is 1. The monoisotopic (exact) mass is 439 g/mol. The fraction of sp³-hybridized carbons (Fsp3) is 0.273. The van der Waals surface area contributed by atoms with Crippen LogP contribution in [0.2, 0.25) is 0 Å². The maximum Gasteiger partial charge on any atom is 0.335 e. The molecule has 10 heteroatoms. The van der Waals surface area contributed by atoms with Crippen LogP contribution >= 0.6 is 0 Å². The van der Waals surface area contributed by atoms with Crippen LogP contribution in [0, 0.1) is 10.1 Å². The summed E-state index contributed by atoms with van der Waals surface area (Å²) < 4.78 is 0. The molecular weight excluding hydrogens is 418 g/mol. The highest BCUT2D eigenvalue weighted by molar-refractivity contribution is 6.23. The molecule has 166 valence electrons. The predicted molar refractivity (Wildman–Crippen MR) is 112 cm³/mol. The van der Waals surface area contributed by atoms with E-state index >= 15 is 0 Å². The van der Waals surface area contributed by atoms with Crippen molar-refractivity contribution in [1.82, 2.24) is 10.2 Å². The van der Waals surface area contributed by atoms with E-state index < -0.39 is 22.7 Å². The molecule has 0 aliphatic carbocycles. The van der Waals surface area contributed by atoms with Crippen molar-refractivity contribution in [2.24, 2.45) is 0 Å². The Hall–Kier alpha value is -4.08. The van der Waals surface area contributed by atoms with Crippen LogP contribution in [0.15, 0.2) is 42.5 Å². The first kappa shape index (κ1) is 22.6. The van der Waals surface area contributed by atoms with E-state index in [1.54, 1.807) is 12.1 Å². The number of carbonyl (C=O) groups excluding carboxylic acids is 3. The Morgan fingerprint density at radius 3 is 2.50 bits per heavy atom. The second-order valence-electron chi connectivity index (χ2n) is 7.31. The standard InChI is InChI=1S/C22H21N3O7/c26-18(23-13-14-6-4-7-15(12-14)22(29)30)10-2-1-3-11-24-20(27)16-8-5-9-17(25(31)32)19(16)21(24)28/h4-9,12H,1-3,10-11,13H2,(H,23,26)(H,29,30). The van der Waals surface area contributed by atoms with Crippen molar-refractivity contribution < 1.29 is 29.2 Å². The average Bonchev–Trinajstić information content (AvgIpc) is 3.02. The van der Waals surface area contributed by atoms with Crippen LogP contribution in [-0.4, -0.2) is 45.2 Å². The number of carboxylic acid groups (broad SMARTS) is 1. The number of nitrogens with one attached hydrogen (secondary N) is 1. The van der Waals surface area contributed by atoms with E-state index in [1.807, 2.05) is 0 Å². The van der Waals surface area contributed by atoms with Crippen molar-refractivity contribution in [2.45, 2.75) is 32.2 Å². The molecule has 2 aromatic carbocycles. The van der Waals surface area contributed by atoms with Gasteiger partial charge < -0.3 is 10.4 Å². The number of imide groups is 1. The van der Waals surface area contributed by atoms with Gasteiger partial charge in [-0.1, -0.05) is 24.6 Å². The lowest BCUT2D eigenvalue weighted by Gasteiger charge is -2.13. The molecule has 3 amide bonds. The van der Waals surface area contributed by atoms with Gasteiger partial charge in [-0.3, -0.25) is 29.4 Å². The number of amides is 3. The van der Waals surface area contributed by atoms with Crippen molar-refractivity contribution in [3.8, 4) is 0 Å². The highest BCUT2D eigenvalue weighted by Crippen LogP contribution is 2.30. The molecule has 2 aromatic rings. The molecule has 1 aliphatic heterocycles. The Morgan fingerprint density at radius 1 is 1.03 bits per heavy atom. The number of carbonyl (C=O) groups is 4. The predicted octanol–water partition coefficient (Wildman–Crippen LogP) is 2.77. The van der Waals surface area contributed by atoms with Crippen LogP contribution < -0.4 is 5.32 Å². The number of unbranched alkanes of at least 4 members (excludes halogenated alkanes) is 2. The zero-order chi connectivity index (χ0) is 23.3. The molecule has 0 bridgehead atoms. The minimum atomic E-state index is -1.04. The lowest BCUT2D eigenvalue weighted by atomic mass is 10.1. The van der Waals surface area contributed by atoms with Crippen molar-refractivity contribution >= 4 is 29.4 Å². The summed E-state index contributed by atoms with van der Waals surface area (Å²) in [5.41, 5.74) is 0.312. The Balaban J connectivity index is 1.42. The van der Waals surface area contributed by atoms with E-state index in [0.717, 1.165) is 4.90 Å². The molecule has 0 unspecified atom stereocenters. The first-order valence-corrected chi connectivity index (χ1v) is 10.0. The molecule has 0 atom stereocenters. The minimum absolute atomic E-state index is 0.0375. The lowest BCUT2D eigenvalue weighted by Crippen LogP contribution is -2.30. The fourth-order valence-electron chi connectivity index (χ4n) is 3.51. The quantitative estimate of drug-likeness (QED) is 0.250. The van der Waals surface area contributed by atoms with Crippen molar-refractivity contribution in [3.05, 3.63) is 74.8 Å². The van der Waals surface area contributed by atoms with E-state index in [2.05, 4.69) is 5.32 Å². The molecule has 0 fully saturated rings. The summed E-state index contributed by atoms with van der Waals surface area (Å²) >= 11 is 0. The first-order chi connectivity index (χ1) is 15.3. The maximum atomic E-state index is 12.5. The molecule has 1 aliphatic rings. The SMILES string of the molecule is O=C(CCCCCN1C(=O)c2cccc([N+](=O)[O-])c2C1=O)NCc1cccc(C(=O)O)c1. The van der Waals surface area contributed by atoms with Gasteiger partial charge in [-0.05, 0) is 36.6 Å². The molecule has 1 heterocycles. The van der Waals surface area contributed by atoms with E-state index in [0.29, 0.717) is 24.8 Å². The zero-order valence-corrected chi connectivity index (χ0v) is 17.1. The molecule has 0 spiro atoms. The van der Waals surface area contributed by atoms with E-state index in [1.165, 1.54) is 30.3 Å². The number of nitrogens with zero attached hydrogens (tertiary/aromatic N) is 2. The Morgan fingerprint density at radius 2 is 1.78 bits per heavy atom. The third-order valence-corrected chi connectivity index (χ3v) is 5.12. The molecule has 0 saturated carbocycles. The number of rotatable bonds is 10. The first-order valence-electron chi connectivity index (χ1n) is 10.0. The summed E-state index contributed by atoms with van der Waals surface area (Å²) in [6.07, 6.45) is 1.82. The number of benzene rings is 2. The second-order valence-corrected chi connectivity index (χ2v) is 7.31. The molecular formula is C22H21N3O7. The Bertz CT molecular complexity index is 1100. The van der Waals surface area contributed by atoms with Gasteiger partial charge in [-0.2, -0.15) is 0 Å². The highest BCUT2D eigenvalue weighted by Gasteiger charge is 2.40. The Kier molecular flexibility index (Phi) is 6.93. The number of nitro benzene ring substituents is 1. The van der Waals surface area contributed by atoms with Gasteiger partial charge in [-0.15, -0.1) is 0 Å². The number of hydrogen-bond acceptors (Lipinski definition) is 6. The van der Waals surface area contributed by atoms with Crippen LogP contribution in [-0.2, 0) is 11.3 Å². The van der Waals surface area contributed by atoms with Gasteiger partial charge in [-0.25, -0.2) is 4.79 Å². The maximum absolute atomic E-state index is 12.5. The largest absolute Gasteiger partial charge is 0.478 e. The van der Waals surface area contributed by atoms with Crippen molar-refractivity contribution in [3.63, 3.8) is 0 Å². The van der Waals surface area contributed by atoms with Gasteiger partial charge in [0, 0.05) is 25.6 Å². The Labute approximate surface area is 183 Å². The van der Waals surface area contributed by atoms with E-state index in [-0.39, 0.29) is 47.8 Å². The molecule has 0 radical (unpaired) electrons. The average molecular weight is 439 g/mol. The lowest BCUT2D eigenvalue weighted by molar-refractivity contribution is -0.385. The summed E-state index contributed by atoms with van der Waals surface area (Å²) in [6, 6.07) is 10.3. The summed E-state index contributed by atoms with van der Waals surface area (Å²) in [5, 5.41) is 22.8. The van der Waals surface area contributed by atoms with Crippen LogP contribution in [0.5, 0.6) is 0 Å². The smallest absolute Gasteiger partial charge is 0.335 e. The van der Waals surface area contributed by atoms with Crippen molar-refractivity contribution in [1.29, 1.82) is 0 Å². The summed E-state index contributed by atoms with van der Waals surface area (Å²) in [4.78, 5) is 59.4. The van der Waals surface area contributed by atoms with Gasteiger partial charge in [0.1, 0.15) is 5.56 Å². The van der Waals surface area contributed by atoms with Crippen LogP contribution in [0.3, 0.4) is 0 Å². The summed E-state index contributed by atoms with van der Waals surface area (Å²) in [6.45, 7) is 0.334. The zero-order valence-electron chi connectivity index (χ0n) is 17.1. The third-order valence-electron chi connectivity index (χ3n) is 5.12. The number of hydrogen-bond donors (Lipinski definition) is 2. The number of nitro groups is 1. The molecule has 10 nitrogen and oxygen atoms in total. The second kappa shape index (κ2) is 9.82. The molecule has 0 aromatic heterocycles. The number of aromatic carboxylic acids is 1. The van der Waals surface area contributed by atoms with Crippen LogP contribution in [0.25, 0.3) is 0 Å². The topological polar surface area (TPSA) is 147 Å². The van der Waals surface area contributed by atoms with Gasteiger partial charge in [0.25, 0.3) is 17.5 Å². The van der Waals surface area contributed by atoms with Gasteiger partial charge in [0.05, 0.1) is 16.1 Å². The number of carboxylic acids is 1. The normalized spacial score (nSPS) is 12.6. The van der Waals surface area contributed by atoms with E-state index in [4.69, 9.17) is 5.11 Å². The van der Waals surface area contributed by atoms with Gasteiger partial charge in [0.2, 0.25) is 5.91 Å². The molecule has 2 N–H and O–H groups in total. The fourth-order valence-corrected chi connectivity index (χ4v) is 3.51.